The Balaban J connectivity index is 1.95. The van der Waals surface area contributed by atoms with Crippen LogP contribution in [0.2, 0.25) is 0 Å². The van der Waals surface area contributed by atoms with Gasteiger partial charge in [0.25, 0.3) is 0 Å². The van der Waals surface area contributed by atoms with Crippen molar-refractivity contribution < 1.29 is 13.2 Å². The molecule has 110 valence electrons. The van der Waals surface area contributed by atoms with Gasteiger partial charge in [-0.15, -0.1) is 0 Å². The van der Waals surface area contributed by atoms with E-state index in [9.17, 15) is 13.2 Å². The van der Waals surface area contributed by atoms with E-state index in [4.69, 9.17) is 0 Å². The first kappa shape index (κ1) is 15.0. The van der Waals surface area contributed by atoms with Crippen LogP contribution in [0.15, 0.2) is 0 Å². The fourth-order valence-electron chi connectivity index (χ4n) is 3.34. The van der Waals surface area contributed by atoms with Crippen molar-refractivity contribution in [1.29, 1.82) is 0 Å². The molecule has 0 aromatic heterocycles. The Hall–Kier alpha value is -0.420. The molecule has 0 aromatic carbocycles. The monoisotopic (exact) mass is 287 g/mol. The van der Waals surface area contributed by atoms with Gasteiger partial charge in [-0.25, -0.2) is 8.42 Å². The van der Waals surface area contributed by atoms with E-state index in [1.54, 1.807) is 0 Å². The molecule has 1 saturated heterocycles. The molecule has 1 saturated carbocycles. The maximum atomic E-state index is 12.0. The lowest BCUT2D eigenvalue weighted by Gasteiger charge is -2.37. The van der Waals surface area contributed by atoms with Crippen LogP contribution in [0.4, 0.5) is 0 Å². The van der Waals surface area contributed by atoms with Gasteiger partial charge < -0.3 is 0 Å². The molecule has 0 radical (unpaired) electrons. The van der Waals surface area contributed by atoms with Gasteiger partial charge in [-0.3, -0.25) is 9.69 Å². The topological polar surface area (TPSA) is 54.5 Å². The fraction of sp³-hybridized carbons (Fsp3) is 0.929. The molecule has 2 aliphatic rings. The lowest BCUT2D eigenvalue weighted by Crippen LogP contribution is -2.50. The maximum Gasteiger partial charge on any atom is 0.153 e. The lowest BCUT2D eigenvalue weighted by atomic mass is 9.79. The summed E-state index contributed by atoms with van der Waals surface area (Å²) in [6, 6.07) is 0.0496. The van der Waals surface area contributed by atoms with Gasteiger partial charge in [0.1, 0.15) is 5.78 Å². The van der Waals surface area contributed by atoms with Crippen LogP contribution in [0, 0.1) is 11.8 Å². The van der Waals surface area contributed by atoms with Crippen LogP contribution >= 0.6 is 0 Å². The van der Waals surface area contributed by atoms with Crippen LogP contribution in [-0.4, -0.2) is 49.7 Å². The highest BCUT2D eigenvalue weighted by Gasteiger charge is 2.33. The number of carbonyl (C=O) groups is 1. The minimum atomic E-state index is -2.86. The Morgan fingerprint density at radius 2 is 2.11 bits per heavy atom. The highest BCUT2D eigenvalue weighted by atomic mass is 32.2. The summed E-state index contributed by atoms with van der Waals surface area (Å²) in [7, 11) is -2.86. The van der Waals surface area contributed by atoms with E-state index in [0.29, 0.717) is 24.7 Å². The van der Waals surface area contributed by atoms with Gasteiger partial charge in [-0.1, -0.05) is 13.3 Å². The van der Waals surface area contributed by atoms with Crippen LogP contribution in [0.25, 0.3) is 0 Å². The smallest absolute Gasteiger partial charge is 0.153 e. The molecular weight excluding hydrogens is 262 g/mol. The van der Waals surface area contributed by atoms with Crippen LogP contribution in [-0.2, 0) is 14.6 Å². The number of hydrogen-bond acceptors (Lipinski definition) is 4. The Kier molecular flexibility index (Phi) is 4.66. The van der Waals surface area contributed by atoms with E-state index < -0.39 is 9.84 Å². The minimum absolute atomic E-state index is 0.0496. The van der Waals surface area contributed by atoms with Crippen LogP contribution in [0.3, 0.4) is 0 Å². The number of carbonyl (C=O) groups excluding carboxylic acids is 1. The summed E-state index contributed by atoms with van der Waals surface area (Å²) < 4.78 is 23.1. The molecule has 2 rings (SSSR count). The molecule has 1 aliphatic carbocycles. The van der Waals surface area contributed by atoms with Gasteiger partial charge in [-0.2, -0.15) is 0 Å². The fourth-order valence-corrected chi connectivity index (χ4v) is 4.96. The van der Waals surface area contributed by atoms with Gasteiger partial charge in [-0.05, 0) is 25.7 Å². The Bertz CT molecular complexity index is 432. The van der Waals surface area contributed by atoms with E-state index in [1.165, 1.54) is 0 Å². The lowest BCUT2D eigenvalue weighted by molar-refractivity contribution is -0.126. The number of hydrogen-bond donors (Lipinski definition) is 0. The third-order valence-electron chi connectivity index (χ3n) is 4.71. The van der Waals surface area contributed by atoms with Crippen molar-refractivity contribution in [3.05, 3.63) is 0 Å². The molecule has 2 fully saturated rings. The molecule has 1 aliphatic heterocycles. The van der Waals surface area contributed by atoms with Crippen LogP contribution in [0.1, 0.15) is 39.5 Å². The van der Waals surface area contributed by atoms with Gasteiger partial charge in [0, 0.05) is 31.5 Å². The molecule has 3 unspecified atom stereocenters. The second-order valence-electron chi connectivity index (χ2n) is 6.17. The number of nitrogens with zero attached hydrogens (tertiary/aromatic N) is 1. The quantitative estimate of drug-likeness (QED) is 0.789. The molecular formula is C14H25NO3S. The van der Waals surface area contributed by atoms with Gasteiger partial charge >= 0.3 is 0 Å². The Morgan fingerprint density at radius 1 is 1.37 bits per heavy atom. The largest absolute Gasteiger partial charge is 0.299 e. The molecule has 4 nitrogen and oxygen atoms in total. The zero-order chi connectivity index (χ0) is 14.0. The molecule has 0 amide bonds. The summed E-state index contributed by atoms with van der Waals surface area (Å²) in [4.78, 5) is 14.2. The maximum absolute atomic E-state index is 12.0. The highest BCUT2D eigenvalue weighted by Crippen LogP contribution is 2.30. The second kappa shape index (κ2) is 5.92. The summed E-state index contributed by atoms with van der Waals surface area (Å²) in [6.07, 6.45) is 3.89. The SMILES string of the molecule is CCC1CCC(=O)C(CN2CCS(=O)(=O)CC2C)C1. The number of sulfone groups is 1. The van der Waals surface area contributed by atoms with Gasteiger partial charge in [0.15, 0.2) is 9.84 Å². The standard InChI is InChI=1S/C14H25NO3S/c1-3-12-4-5-14(16)13(8-12)9-15-6-7-19(17,18)10-11(15)2/h11-13H,3-10H2,1-2H3. The summed E-state index contributed by atoms with van der Waals surface area (Å²) >= 11 is 0. The van der Waals surface area contributed by atoms with Crippen molar-refractivity contribution in [2.24, 2.45) is 11.8 Å². The van der Waals surface area contributed by atoms with Crippen LogP contribution < -0.4 is 0 Å². The van der Waals surface area contributed by atoms with E-state index in [-0.39, 0.29) is 23.5 Å². The Labute approximate surface area is 116 Å². The van der Waals surface area contributed by atoms with Gasteiger partial charge in [0.05, 0.1) is 11.5 Å². The first-order valence-corrected chi connectivity index (χ1v) is 9.20. The van der Waals surface area contributed by atoms with E-state index >= 15 is 0 Å². The van der Waals surface area contributed by atoms with Crippen molar-refractivity contribution in [3.8, 4) is 0 Å². The van der Waals surface area contributed by atoms with Crippen molar-refractivity contribution >= 4 is 15.6 Å². The van der Waals surface area contributed by atoms with Crippen molar-refractivity contribution in [3.63, 3.8) is 0 Å². The zero-order valence-electron chi connectivity index (χ0n) is 12.0. The van der Waals surface area contributed by atoms with E-state index in [2.05, 4.69) is 11.8 Å². The second-order valence-corrected chi connectivity index (χ2v) is 8.40. The summed E-state index contributed by atoms with van der Waals surface area (Å²) in [5.41, 5.74) is 0. The van der Waals surface area contributed by atoms with Gasteiger partial charge in [0.2, 0.25) is 0 Å². The molecule has 0 spiro atoms. The predicted molar refractivity (Wildman–Crippen MR) is 75.8 cm³/mol. The highest BCUT2D eigenvalue weighted by molar-refractivity contribution is 7.91. The average Bonchev–Trinajstić information content (AvgIpc) is 2.34. The first-order valence-electron chi connectivity index (χ1n) is 7.38. The number of ketones is 1. The molecule has 3 atom stereocenters. The summed E-state index contributed by atoms with van der Waals surface area (Å²) in [5, 5.41) is 0. The predicted octanol–water partition coefficient (Wildman–Crippen LogP) is 1.50. The average molecular weight is 287 g/mol. The number of Topliss-reactive ketones (excluding diaryl/α,β-unsaturated/α-hetero) is 1. The van der Waals surface area contributed by atoms with E-state index in [0.717, 1.165) is 25.8 Å². The molecule has 0 bridgehead atoms. The molecule has 5 heteroatoms. The molecule has 0 N–H and O–H groups in total. The molecule has 0 aromatic rings. The minimum Gasteiger partial charge on any atom is -0.299 e. The number of rotatable bonds is 3. The van der Waals surface area contributed by atoms with Crippen molar-refractivity contribution in [2.75, 3.05) is 24.6 Å². The molecule has 19 heavy (non-hydrogen) atoms. The van der Waals surface area contributed by atoms with Crippen LogP contribution in [0.5, 0.6) is 0 Å². The van der Waals surface area contributed by atoms with E-state index in [1.807, 2.05) is 6.92 Å². The van der Waals surface area contributed by atoms with Crippen molar-refractivity contribution in [1.82, 2.24) is 4.90 Å². The zero-order valence-corrected chi connectivity index (χ0v) is 12.8. The normalized spacial score (nSPS) is 36.3. The summed E-state index contributed by atoms with van der Waals surface area (Å²) in [6.45, 7) is 5.49. The first-order chi connectivity index (χ1) is 8.91. The molecule has 1 heterocycles. The third-order valence-corrected chi connectivity index (χ3v) is 6.51. The Morgan fingerprint density at radius 3 is 2.74 bits per heavy atom. The van der Waals surface area contributed by atoms with Crippen molar-refractivity contribution in [2.45, 2.75) is 45.6 Å². The summed E-state index contributed by atoms with van der Waals surface area (Å²) in [5.74, 6) is 1.67. The third kappa shape index (κ3) is 3.78.